The number of carbonyl (C=O) groups excluding carboxylic acids is 1. The summed E-state index contributed by atoms with van der Waals surface area (Å²) in [6.07, 6.45) is 3.08. The average molecular weight is 248 g/mol. The lowest BCUT2D eigenvalue weighted by Crippen LogP contribution is -2.51. The lowest BCUT2D eigenvalue weighted by Gasteiger charge is -2.39. The molecule has 5 nitrogen and oxygen atoms in total. The number of nitrogens with zero attached hydrogens (tertiary/aromatic N) is 1. The Labute approximate surface area is 105 Å². The van der Waals surface area contributed by atoms with Crippen molar-refractivity contribution in [2.75, 3.05) is 0 Å². The number of pyridine rings is 1. The van der Waals surface area contributed by atoms with E-state index in [4.69, 9.17) is 5.11 Å². The van der Waals surface area contributed by atoms with E-state index in [1.807, 2.05) is 6.92 Å². The van der Waals surface area contributed by atoms with Gasteiger partial charge in [0.2, 0.25) is 0 Å². The van der Waals surface area contributed by atoms with E-state index < -0.39 is 5.97 Å². The number of rotatable bonds is 3. The van der Waals surface area contributed by atoms with E-state index in [2.05, 4.69) is 10.3 Å². The number of carboxylic acids is 1. The van der Waals surface area contributed by atoms with E-state index in [9.17, 15) is 9.59 Å². The SMILES string of the molecule is Cc1nc(C(=O)NC2(C)CCC2)ccc1C(=O)O. The van der Waals surface area contributed by atoms with Gasteiger partial charge in [0.15, 0.2) is 0 Å². The summed E-state index contributed by atoms with van der Waals surface area (Å²) in [5.41, 5.74) is 0.624. The van der Waals surface area contributed by atoms with Gasteiger partial charge in [0.25, 0.3) is 5.91 Å². The number of aryl methyl sites for hydroxylation is 1. The van der Waals surface area contributed by atoms with Crippen molar-refractivity contribution < 1.29 is 14.7 Å². The highest BCUT2D eigenvalue weighted by Gasteiger charge is 2.33. The summed E-state index contributed by atoms with van der Waals surface area (Å²) < 4.78 is 0. The molecular formula is C13H16N2O3. The lowest BCUT2D eigenvalue weighted by atomic mass is 9.78. The number of amides is 1. The smallest absolute Gasteiger partial charge is 0.337 e. The first-order valence-electron chi connectivity index (χ1n) is 5.95. The van der Waals surface area contributed by atoms with Gasteiger partial charge >= 0.3 is 5.97 Å². The maximum Gasteiger partial charge on any atom is 0.337 e. The second kappa shape index (κ2) is 4.40. The maximum atomic E-state index is 12.0. The molecule has 1 saturated carbocycles. The molecule has 2 N–H and O–H groups in total. The molecule has 0 atom stereocenters. The Morgan fingerprint density at radius 3 is 2.50 bits per heavy atom. The number of carbonyl (C=O) groups is 2. The highest BCUT2D eigenvalue weighted by atomic mass is 16.4. The molecular weight excluding hydrogens is 232 g/mol. The third-order valence-corrected chi connectivity index (χ3v) is 3.42. The van der Waals surface area contributed by atoms with Gasteiger partial charge in [0, 0.05) is 5.54 Å². The molecule has 0 radical (unpaired) electrons. The molecule has 0 bridgehead atoms. The molecule has 0 aromatic carbocycles. The van der Waals surface area contributed by atoms with Crippen LogP contribution in [0.2, 0.25) is 0 Å². The highest BCUT2D eigenvalue weighted by molar-refractivity contribution is 5.94. The van der Waals surface area contributed by atoms with Gasteiger partial charge < -0.3 is 10.4 Å². The summed E-state index contributed by atoms with van der Waals surface area (Å²) in [5.74, 6) is -1.27. The van der Waals surface area contributed by atoms with E-state index in [-0.39, 0.29) is 22.7 Å². The molecule has 1 amide bonds. The Balaban J connectivity index is 2.16. The highest BCUT2D eigenvalue weighted by Crippen LogP contribution is 2.31. The largest absolute Gasteiger partial charge is 0.478 e. The topological polar surface area (TPSA) is 79.3 Å². The van der Waals surface area contributed by atoms with Crippen molar-refractivity contribution in [1.82, 2.24) is 10.3 Å². The zero-order chi connectivity index (χ0) is 13.3. The Bertz CT molecular complexity index is 507. The third kappa shape index (κ3) is 2.34. The quantitative estimate of drug-likeness (QED) is 0.854. The Morgan fingerprint density at radius 2 is 2.06 bits per heavy atom. The van der Waals surface area contributed by atoms with Crippen molar-refractivity contribution in [2.45, 2.75) is 38.6 Å². The van der Waals surface area contributed by atoms with Gasteiger partial charge in [-0.3, -0.25) is 4.79 Å². The fourth-order valence-electron chi connectivity index (χ4n) is 2.08. The molecule has 0 aliphatic heterocycles. The summed E-state index contributed by atoms with van der Waals surface area (Å²) in [6, 6.07) is 2.87. The molecule has 1 aliphatic rings. The van der Waals surface area contributed by atoms with Crippen molar-refractivity contribution >= 4 is 11.9 Å². The van der Waals surface area contributed by atoms with Gasteiger partial charge in [0.05, 0.1) is 11.3 Å². The maximum absolute atomic E-state index is 12.0. The minimum atomic E-state index is -1.03. The second-order valence-corrected chi connectivity index (χ2v) is 5.00. The van der Waals surface area contributed by atoms with E-state index >= 15 is 0 Å². The minimum absolute atomic E-state index is 0.126. The van der Waals surface area contributed by atoms with Crippen LogP contribution in [0.3, 0.4) is 0 Å². The lowest BCUT2D eigenvalue weighted by molar-refractivity contribution is 0.0694. The van der Waals surface area contributed by atoms with Crippen LogP contribution in [0.25, 0.3) is 0 Å². The van der Waals surface area contributed by atoms with Gasteiger partial charge in [-0.05, 0) is 45.2 Å². The van der Waals surface area contributed by atoms with E-state index in [0.717, 1.165) is 19.3 Å². The second-order valence-electron chi connectivity index (χ2n) is 5.00. The van der Waals surface area contributed by atoms with Crippen LogP contribution in [0.15, 0.2) is 12.1 Å². The predicted octanol–water partition coefficient (Wildman–Crippen LogP) is 1.76. The van der Waals surface area contributed by atoms with Gasteiger partial charge in [-0.15, -0.1) is 0 Å². The van der Waals surface area contributed by atoms with Crippen LogP contribution in [-0.2, 0) is 0 Å². The van der Waals surface area contributed by atoms with Crippen molar-refractivity contribution in [3.05, 3.63) is 29.1 Å². The number of carboxylic acid groups (broad SMARTS) is 1. The van der Waals surface area contributed by atoms with Crippen molar-refractivity contribution in [3.8, 4) is 0 Å². The number of aromatic carboxylic acids is 1. The molecule has 1 aliphatic carbocycles. The fraction of sp³-hybridized carbons (Fsp3) is 0.462. The standard InChI is InChI=1S/C13H16N2O3/c1-8-9(12(17)18)4-5-10(14-8)11(16)15-13(2)6-3-7-13/h4-5H,3,6-7H2,1-2H3,(H,15,16)(H,17,18). The summed E-state index contributed by atoms with van der Waals surface area (Å²) in [4.78, 5) is 26.9. The zero-order valence-electron chi connectivity index (χ0n) is 10.5. The van der Waals surface area contributed by atoms with Crippen LogP contribution in [0, 0.1) is 6.92 Å². The van der Waals surface area contributed by atoms with Crippen molar-refractivity contribution in [1.29, 1.82) is 0 Å². The zero-order valence-corrected chi connectivity index (χ0v) is 10.5. The molecule has 5 heteroatoms. The molecule has 0 spiro atoms. The predicted molar refractivity (Wildman–Crippen MR) is 65.7 cm³/mol. The van der Waals surface area contributed by atoms with Crippen LogP contribution in [0.1, 0.15) is 52.7 Å². The summed E-state index contributed by atoms with van der Waals surface area (Å²) in [5, 5.41) is 11.8. The van der Waals surface area contributed by atoms with Crippen molar-refractivity contribution in [3.63, 3.8) is 0 Å². The fourth-order valence-corrected chi connectivity index (χ4v) is 2.08. The molecule has 2 rings (SSSR count). The Hall–Kier alpha value is -1.91. The number of hydrogen-bond acceptors (Lipinski definition) is 3. The van der Waals surface area contributed by atoms with Gasteiger partial charge in [-0.1, -0.05) is 0 Å². The molecule has 1 aromatic heterocycles. The van der Waals surface area contributed by atoms with E-state index in [1.54, 1.807) is 6.92 Å². The van der Waals surface area contributed by atoms with Crippen LogP contribution in [0.5, 0.6) is 0 Å². The van der Waals surface area contributed by atoms with Crippen molar-refractivity contribution in [2.24, 2.45) is 0 Å². The summed E-state index contributed by atoms with van der Waals surface area (Å²) in [6.45, 7) is 3.60. The normalized spacial score (nSPS) is 16.8. The van der Waals surface area contributed by atoms with Gasteiger partial charge in [0.1, 0.15) is 5.69 Å². The van der Waals surface area contributed by atoms with E-state index in [0.29, 0.717) is 5.69 Å². The number of nitrogens with one attached hydrogen (secondary N) is 1. The Kier molecular flexibility index (Phi) is 3.07. The molecule has 96 valence electrons. The van der Waals surface area contributed by atoms with Crippen LogP contribution >= 0.6 is 0 Å². The average Bonchev–Trinajstić information content (AvgIpc) is 2.26. The molecule has 1 fully saturated rings. The summed E-state index contributed by atoms with van der Waals surface area (Å²) in [7, 11) is 0. The first-order chi connectivity index (χ1) is 8.41. The molecule has 0 saturated heterocycles. The molecule has 0 unspecified atom stereocenters. The molecule has 1 aromatic rings. The third-order valence-electron chi connectivity index (χ3n) is 3.42. The van der Waals surface area contributed by atoms with Gasteiger partial charge in [-0.25, -0.2) is 9.78 Å². The summed E-state index contributed by atoms with van der Waals surface area (Å²) >= 11 is 0. The van der Waals surface area contributed by atoms with Crippen LogP contribution in [-0.4, -0.2) is 27.5 Å². The molecule has 1 heterocycles. The van der Waals surface area contributed by atoms with Gasteiger partial charge in [-0.2, -0.15) is 0 Å². The number of hydrogen-bond donors (Lipinski definition) is 2. The number of aromatic nitrogens is 1. The molecule has 18 heavy (non-hydrogen) atoms. The minimum Gasteiger partial charge on any atom is -0.478 e. The Morgan fingerprint density at radius 1 is 1.39 bits per heavy atom. The monoisotopic (exact) mass is 248 g/mol. The first kappa shape index (κ1) is 12.5. The van der Waals surface area contributed by atoms with Crippen LogP contribution < -0.4 is 5.32 Å². The van der Waals surface area contributed by atoms with E-state index in [1.165, 1.54) is 12.1 Å². The van der Waals surface area contributed by atoms with Crippen LogP contribution in [0.4, 0.5) is 0 Å². The first-order valence-corrected chi connectivity index (χ1v) is 5.95.